The lowest BCUT2D eigenvalue weighted by molar-refractivity contribution is 0.102. The van der Waals surface area contributed by atoms with E-state index in [0.29, 0.717) is 5.56 Å². The fourth-order valence-electron chi connectivity index (χ4n) is 1.93. The highest BCUT2D eigenvalue weighted by molar-refractivity contribution is 6.08. The minimum Gasteiger partial charge on any atom is -0.497 e. The summed E-state index contributed by atoms with van der Waals surface area (Å²) in [5.74, 6) is 0.635. The minimum absolute atomic E-state index is 0.125. The highest BCUT2D eigenvalue weighted by Gasteiger charge is 2.12. The number of amides is 1. The molecule has 0 unspecified atom stereocenters. The molecule has 0 heterocycles. The summed E-state index contributed by atoms with van der Waals surface area (Å²) in [4.78, 5) is 14.2. The van der Waals surface area contributed by atoms with Crippen LogP contribution < -0.4 is 15.0 Å². The number of carbonyl (C=O) groups excluding carboxylic acids is 1. The lowest BCUT2D eigenvalue weighted by Crippen LogP contribution is -2.18. The summed E-state index contributed by atoms with van der Waals surface area (Å²) in [6, 6.07) is 14.8. The molecule has 0 aliphatic rings. The van der Waals surface area contributed by atoms with E-state index in [0.717, 1.165) is 17.1 Å². The van der Waals surface area contributed by atoms with Gasteiger partial charge >= 0.3 is 0 Å². The maximum atomic E-state index is 12.3. The van der Waals surface area contributed by atoms with Crippen LogP contribution in [0.15, 0.2) is 48.5 Å². The van der Waals surface area contributed by atoms with Crippen LogP contribution in [0.5, 0.6) is 5.75 Å². The van der Waals surface area contributed by atoms with Crippen molar-refractivity contribution in [1.29, 1.82) is 0 Å². The quantitative estimate of drug-likeness (QED) is 0.928. The smallest absolute Gasteiger partial charge is 0.257 e. The van der Waals surface area contributed by atoms with E-state index in [-0.39, 0.29) is 5.91 Å². The zero-order chi connectivity index (χ0) is 14.5. The summed E-state index contributed by atoms with van der Waals surface area (Å²) in [6.45, 7) is 0. The van der Waals surface area contributed by atoms with E-state index in [1.807, 2.05) is 67.5 Å². The second kappa shape index (κ2) is 6.10. The molecule has 2 aromatic carbocycles. The van der Waals surface area contributed by atoms with Gasteiger partial charge in [-0.05, 0) is 36.4 Å². The summed E-state index contributed by atoms with van der Waals surface area (Å²) in [6.07, 6.45) is 0. The third kappa shape index (κ3) is 3.09. The predicted molar refractivity (Wildman–Crippen MR) is 81.7 cm³/mol. The maximum absolute atomic E-state index is 12.3. The molecule has 2 rings (SSSR count). The molecular weight excluding hydrogens is 252 g/mol. The number of rotatable bonds is 4. The normalized spacial score (nSPS) is 9.95. The average Bonchev–Trinajstić information content (AvgIpc) is 2.48. The Bertz CT molecular complexity index is 592. The SMILES string of the molecule is COc1ccc(NC(=O)c2ccccc2N(C)C)cc1. The molecular formula is C16H18N2O2. The Morgan fingerprint density at radius 1 is 1.05 bits per heavy atom. The third-order valence-electron chi connectivity index (χ3n) is 2.98. The van der Waals surface area contributed by atoms with Gasteiger partial charge in [-0.15, -0.1) is 0 Å². The molecule has 104 valence electrons. The van der Waals surface area contributed by atoms with Gasteiger partial charge in [0.1, 0.15) is 5.75 Å². The van der Waals surface area contributed by atoms with Gasteiger partial charge in [0.05, 0.1) is 12.7 Å². The first-order valence-corrected chi connectivity index (χ1v) is 6.33. The van der Waals surface area contributed by atoms with Crippen molar-refractivity contribution >= 4 is 17.3 Å². The minimum atomic E-state index is -0.125. The molecule has 1 N–H and O–H groups in total. The molecule has 0 atom stereocenters. The molecule has 0 fully saturated rings. The van der Waals surface area contributed by atoms with Gasteiger partial charge in [-0.3, -0.25) is 4.79 Å². The van der Waals surface area contributed by atoms with Gasteiger partial charge in [0.15, 0.2) is 0 Å². The number of benzene rings is 2. The number of nitrogens with zero attached hydrogens (tertiary/aromatic N) is 1. The zero-order valence-electron chi connectivity index (χ0n) is 11.9. The number of hydrogen-bond acceptors (Lipinski definition) is 3. The monoisotopic (exact) mass is 270 g/mol. The van der Waals surface area contributed by atoms with Crippen LogP contribution in [0.2, 0.25) is 0 Å². The first kappa shape index (κ1) is 13.9. The summed E-state index contributed by atoms with van der Waals surface area (Å²) < 4.78 is 5.09. The van der Waals surface area contributed by atoms with Crippen molar-refractivity contribution in [3.05, 3.63) is 54.1 Å². The average molecular weight is 270 g/mol. The van der Waals surface area contributed by atoms with Crippen molar-refractivity contribution in [3.8, 4) is 5.75 Å². The first-order valence-electron chi connectivity index (χ1n) is 6.33. The Kier molecular flexibility index (Phi) is 4.25. The van der Waals surface area contributed by atoms with Crippen molar-refractivity contribution in [2.75, 3.05) is 31.4 Å². The van der Waals surface area contributed by atoms with Crippen LogP contribution in [-0.4, -0.2) is 27.1 Å². The number of carbonyl (C=O) groups is 1. The second-order valence-corrected chi connectivity index (χ2v) is 4.59. The van der Waals surface area contributed by atoms with Crippen LogP contribution in [-0.2, 0) is 0 Å². The Hall–Kier alpha value is -2.49. The molecule has 1 amide bonds. The summed E-state index contributed by atoms with van der Waals surface area (Å²) in [5, 5.41) is 2.88. The van der Waals surface area contributed by atoms with Gasteiger partial charge < -0.3 is 15.0 Å². The number of para-hydroxylation sites is 1. The van der Waals surface area contributed by atoms with Crippen LogP contribution in [0.3, 0.4) is 0 Å². The van der Waals surface area contributed by atoms with E-state index in [9.17, 15) is 4.79 Å². The molecule has 4 heteroatoms. The van der Waals surface area contributed by atoms with E-state index in [1.165, 1.54) is 0 Å². The van der Waals surface area contributed by atoms with Gasteiger partial charge in [0, 0.05) is 25.5 Å². The molecule has 20 heavy (non-hydrogen) atoms. The van der Waals surface area contributed by atoms with Gasteiger partial charge in [-0.25, -0.2) is 0 Å². The van der Waals surface area contributed by atoms with Crippen molar-refractivity contribution in [1.82, 2.24) is 0 Å². The van der Waals surface area contributed by atoms with E-state index in [1.54, 1.807) is 7.11 Å². The van der Waals surface area contributed by atoms with E-state index in [2.05, 4.69) is 5.32 Å². The Morgan fingerprint density at radius 3 is 2.30 bits per heavy atom. The maximum Gasteiger partial charge on any atom is 0.257 e. The molecule has 0 spiro atoms. The van der Waals surface area contributed by atoms with E-state index < -0.39 is 0 Å². The van der Waals surface area contributed by atoms with Gasteiger partial charge in [0.2, 0.25) is 0 Å². The Morgan fingerprint density at radius 2 is 1.70 bits per heavy atom. The molecule has 2 aromatic rings. The largest absolute Gasteiger partial charge is 0.497 e. The van der Waals surface area contributed by atoms with Gasteiger partial charge in [-0.2, -0.15) is 0 Å². The molecule has 0 saturated heterocycles. The standard InChI is InChI=1S/C16H18N2O2/c1-18(2)15-7-5-4-6-14(15)16(19)17-12-8-10-13(20-3)11-9-12/h4-11H,1-3H3,(H,17,19). The van der Waals surface area contributed by atoms with E-state index in [4.69, 9.17) is 4.74 Å². The van der Waals surface area contributed by atoms with Crippen molar-refractivity contribution < 1.29 is 9.53 Å². The zero-order valence-corrected chi connectivity index (χ0v) is 11.9. The molecule has 0 aliphatic carbocycles. The number of hydrogen-bond donors (Lipinski definition) is 1. The van der Waals surface area contributed by atoms with E-state index >= 15 is 0 Å². The molecule has 0 aliphatic heterocycles. The predicted octanol–water partition coefficient (Wildman–Crippen LogP) is 3.01. The van der Waals surface area contributed by atoms with Crippen molar-refractivity contribution in [2.24, 2.45) is 0 Å². The summed E-state index contributed by atoms with van der Waals surface area (Å²) in [7, 11) is 5.44. The molecule has 4 nitrogen and oxygen atoms in total. The molecule has 0 saturated carbocycles. The lowest BCUT2D eigenvalue weighted by atomic mass is 10.1. The topological polar surface area (TPSA) is 41.6 Å². The fourth-order valence-corrected chi connectivity index (χ4v) is 1.93. The van der Waals surface area contributed by atoms with Gasteiger partial charge in [-0.1, -0.05) is 12.1 Å². The Labute approximate surface area is 119 Å². The van der Waals surface area contributed by atoms with Crippen LogP contribution in [0.4, 0.5) is 11.4 Å². The number of nitrogens with one attached hydrogen (secondary N) is 1. The Balaban J connectivity index is 2.19. The van der Waals surface area contributed by atoms with Crippen molar-refractivity contribution in [2.45, 2.75) is 0 Å². The van der Waals surface area contributed by atoms with Crippen molar-refractivity contribution in [3.63, 3.8) is 0 Å². The number of ether oxygens (including phenoxy) is 1. The number of anilines is 2. The summed E-state index contributed by atoms with van der Waals surface area (Å²) in [5.41, 5.74) is 2.27. The third-order valence-corrected chi connectivity index (χ3v) is 2.98. The highest BCUT2D eigenvalue weighted by atomic mass is 16.5. The summed E-state index contributed by atoms with van der Waals surface area (Å²) >= 11 is 0. The fraction of sp³-hybridized carbons (Fsp3) is 0.188. The number of methoxy groups -OCH3 is 1. The van der Waals surface area contributed by atoms with Crippen LogP contribution >= 0.6 is 0 Å². The lowest BCUT2D eigenvalue weighted by Gasteiger charge is -2.17. The second-order valence-electron chi connectivity index (χ2n) is 4.59. The molecule has 0 aromatic heterocycles. The van der Waals surface area contributed by atoms with Crippen LogP contribution in [0.25, 0.3) is 0 Å². The molecule has 0 bridgehead atoms. The van der Waals surface area contributed by atoms with Crippen LogP contribution in [0.1, 0.15) is 10.4 Å². The highest BCUT2D eigenvalue weighted by Crippen LogP contribution is 2.20. The molecule has 0 radical (unpaired) electrons. The van der Waals surface area contributed by atoms with Gasteiger partial charge in [0.25, 0.3) is 5.91 Å². The van der Waals surface area contributed by atoms with Crippen LogP contribution in [0, 0.1) is 0 Å². The first-order chi connectivity index (χ1) is 9.61.